The van der Waals surface area contributed by atoms with Gasteiger partial charge in [0.2, 0.25) is 0 Å². The van der Waals surface area contributed by atoms with Gasteiger partial charge in [-0.3, -0.25) is 14.5 Å². The van der Waals surface area contributed by atoms with Crippen molar-refractivity contribution in [2.75, 3.05) is 6.54 Å². The molecule has 0 unspecified atom stereocenters. The second kappa shape index (κ2) is 7.93. The number of rotatable bonds is 8. The maximum absolute atomic E-state index is 12.3. The Hall–Kier alpha value is -2.68. The molecule has 25 heavy (non-hydrogen) atoms. The van der Waals surface area contributed by atoms with Crippen LogP contribution in [0.25, 0.3) is 6.08 Å². The summed E-state index contributed by atoms with van der Waals surface area (Å²) in [5, 5.41) is 0. The van der Waals surface area contributed by atoms with E-state index in [1.165, 1.54) is 10.5 Å². The van der Waals surface area contributed by atoms with E-state index in [1.54, 1.807) is 24.3 Å². The minimum absolute atomic E-state index is 0.150. The fourth-order valence-corrected chi connectivity index (χ4v) is 3.22. The van der Waals surface area contributed by atoms with Crippen LogP contribution in [0.4, 0.5) is 0 Å². The van der Waals surface area contributed by atoms with Crippen molar-refractivity contribution in [2.24, 2.45) is 0 Å². The van der Waals surface area contributed by atoms with Crippen molar-refractivity contribution in [2.45, 2.75) is 32.1 Å². The van der Waals surface area contributed by atoms with Crippen molar-refractivity contribution in [3.8, 4) is 0 Å². The fraction of sp³-hybridized carbons (Fsp3) is 0.273. The maximum atomic E-state index is 12.3. The normalized spacial score (nSPS) is 13.2. The fourth-order valence-electron chi connectivity index (χ4n) is 3.22. The van der Waals surface area contributed by atoms with Crippen LogP contribution in [-0.2, 0) is 6.42 Å². The van der Waals surface area contributed by atoms with Crippen molar-refractivity contribution in [3.05, 3.63) is 77.4 Å². The molecular weight excluding hydrogens is 310 g/mol. The van der Waals surface area contributed by atoms with Gasteiger partial charge in [-0.15, -0.1) is 0 Å². The van der Waals surface area contributed by atoms with Gasteiger partial charge < -0.3 is 0 Å². The Morgan fingerprint density at radius 3 is 2.00 bits per heavy atom. The second-order valence-electron chi connectivity index (χ2n) is 6.42. The third-order valence-corrected chi connectivity index (χ3v) is 4.69. The van der Waals surface area contributed by atoms with E-state index in [9.17, 15) is 9.59 Å². The summed E-state index contributed by atoms with van der Waals surface area (Å²) in [7, 11) is 0. The molecule has 2 amide bonds. The highest BCUT2D eigenvalue weighted by atomic mass is 16.2. The average molecular weight is 333 g/mol. The largest absolute Gasteiger partial charge is 0.274 e. The molecule has 0 aromatic heterocycles. The van der Waals surface area contributed by atoms with E-state index in [2.05, 4.69) is 30.8 Å². The first-order valence-electron chi connectivity index (χ1n) is 8.87. The molecule has 0 bridgehead atoms. The lowest BCUT2D eigenvalue weighted by Crippen LogP contribution is -2.30. The number of nitrogens with zero attached hydrogens (tertiary/aromatic N) is 1. The topological polar surface area (TPSA) is 37.4 Å². The van der Waals surface area contributed by atoms with Crippen molar-refractivity contribution in [1.82, 2.24) is 4.90 Å². The van der Waals surface area contributed by atoms with Gasteiger partial charge in [0, 0.05) is 6.54 Å². The Morgan fingerprint density at radius 2 is 1.40 bits per heavy atom. The molecule has 1 heterocycles. The van der Waals surface area contributed by atoms with Gasteiger partial charge in [0.25, 0.3) is 11.8 Å². The van der Waals surface area contributed by atoms with Gasteiger partial charge >= 0.3 is 0 Å². The standard InChI is InChI=1S/C22H23NO2/c1-2-17-12-14-18(15-13-17)9-5-3-4-8-16-23-21(24)19-10-6-7-11-20(19)22(23)25/h2,6-7,10-15H,1,3-5,8-9,16H2. The Morgan fingerprint density at radius 1 is 0.800 bits per heavy atom. The van der Waals surface area contributed by atoms with Gasteiger partial charge in [0.15, 0.2) is 0 Å². The van der Waals surface area contributed by atoms with Crippen LogP contribution in [0.3, 0.4) is 0 Å². The lowest BCUT2D eigenvalue weighted by atomic mass is 10.0. The van der Waals surface area contributed by atoms with Crippen molar-refractivity contribution >= 4 is 17.9 Å². The van der Waals surface area contributed by atoms with Crippen LogP contribution in [0.15, 0.2) is 55.1 Å². The zero-order valence-corrected chi connectivity index (χ0v) is 14.4. The highest BCUT2D eigenvalue weighted by Crippen LogP contribution is 2.23. The molecule has 0 fully saturated rings. The number of carbonyl (C=O) groups is 2. The van der Waals surface area contributed by atoms with Gasteiger partial charge in [-0.25, -0.2) is 0 Å². The Balaban J connectivity index is 1.38. The third-order valence-electron chi connectivity index (χ3n) is 4.69. The zero-order chi connectivity index (χ0) is 17.6. The molecule has 0 saturated carbocycles. The summed E-state index contributed by atoms with van der Waals surface area (Å²) in [6, 6.07) is 15.5. The first-order chi connectivity index (χ1) is 12.2. The zero-order valence-electron chi connectivity index (χ0n) is 14.4. The summed E-state index contributed by atoms with van der Waals surface area (Å²) in [6.45, 7) is 4.28. The predicted molar refractivity (Wildman–Crippen MR) is 101 cm³/mol. The number of hydrogen-bond acceptors (Lipinski definition) is 2. The number of unbranched alkanes of at least 4 members (excludes halogenated alkanes) is 3. The number of fused-ring (bicyclic) bond motifs is 1. The molecule has 1 aliphatic rings. The van der Waals surface area contributed by atoms with Gasteiger partial charge in [-0.2, -0.15) is 0 Å². The van der Waals surface area contributed by atoms with E-state index >= 15 is 0 Å². The number of aryl methyl sites for hydroxylation is 1. The van der Waals surface area contributed by atoms with Crippen molar-refractivity contribution < 1.29 is 9.59 Å². The molecule has 0 N–H and O–H groups in total. The summed E-state index contributed by atoms with van der Waals surface area (Å²) in [4.78, 5) is 25.9. The molecule has 0 atom stereocenters. The SMILES string of the molecule is C=Cc1ccc(CCCCCCN2C(=O)c3ccccc3C2=O)cc1. The molecule has 0 aliphatic carbocycles. The van der Waals surface area contributed by atoms with E-state index in [0.29, 0.717) is 17.7 Å². The van der Waals surface area contributed by atoms with Crippen LogP contribution in [-0.4, -0.2) is 23.3 Å². The number of imide groups is 1. The number of benzene rings is 2. The van der Waals surface area contributed by atoms with Crippen LogP contribution >= 0.6 is 0 Å². The van der Waals surface area contributed by atoms with Gasteiger partial charge in [0.1, 0.15) is 0 Å². The summed E-state index contributed by atoms with van der Waals surface area (Å²) >= 11 is 0. The minimum Gasteiger partial charge on any atom is -0.274 e. The van der Waals surface area contributed by atoms with Crippen LogP contribution < -0.4 is 0 Å². The van der Waals surface area contributed by atoms with Gasteiger partial charge in [0.05, 0.1) is 11.1 Å². The summed E-state index contributed by atoms with van der Waals surface area (Å²) in [5.74, 6) is -0.300. The van der Waals surface area contributed by atoms with Crippen molar-refractivity contribution in [1.29, 1.82) is 0 Å². The minimum atomic E-state index is -0.150. The molecule has 3 nitrogen and oxygen atoms in total. The van der Waals surface area contributed by atoms with Crippen LogP contribution in [0, 0.1) is 0 Å². The molecule has 2 aromatic rings. The van der Waals surface area contributed by atoms with Crippen molar-refractivity contribution in [3.63, 3.8) is 0 Å². The average Bonchev–Trinajstić information content (AvgIpc) is 2.90. The molecule has 128 valence electrons. The van der Waals surface area contributed by atoms with Gasteiger partial charge in [-0.05, 0) is 42.5 Å². The van der Waals surface area contributed by atoms with Crippen LogP contribution in [0.1, 0.15) is 57.5 Å². The van der Waals surface area contributed by atoms with E-state index in [-0.39, 0.29) is 11.8 Å². The highest BCUT2D eigenvalue weighted by Gasteiger charge is 2.34. The molecule has 0 saturated heterocycles. The second-order valence-corrected chi connectivity index (χ2v) is 6.42. The highest BCUT2D eigenvalue weighted by molar-refractivity contribution is 6.21. The summed E-state index contributed by atoms with van der Waals surface area (Å²) in [5.41, 5.74) is 3.56. The van der Waals surface area contributed by atoms with Crippen LogP contribution in [0.2, 0.25) is 0 Å². The number of carbonyl (C=O) groups excluding carboxylic acids is 2. The van der Waals surface area contributed by atoms with E-state index in [1.807, 2.05) is 6.08 Å². The number of hydrogen-bond donors (Lipinski definition) is 0. The Kier molecular flexibility index (Phi) is 5.44. The third kappa shape index (κ3) is 3.87. The molecule has 1 aliphatic heterocycles. The van der Waals surface area contributed by atoms with E-state index < -0.39 is 0 Å². The number of amides is 2. The lowest BCUT2D eigenvalue weighted by Gasteiger charge is -2.13. The first kappa shape index (κ1) is 17.2. The predicted octanol–water partition coefficient (Wildman–Crippen LogP) is 4.73. The lowest BCUT2D eigenvalue weighted by molar-refractivity contribution is 0.0651. The summed E-state index contributed by atoms with van der Waals surface area (Å²) in [6.07, 6.45) is 7.02. The monoisotopic (exact) mass is 333 g/mol. The molecular formula is C22H23NO2. The van der Waals surface area contributed by atoms with Gasteiger partial charge in [-0.1, -0.05) is 61.9 Å². The molecule has 0 spiro atoms. The Labute approximate surface area is 149 Å². The van der Waals surface area contributed by atoms with E-state index in [4.69, 9.17) is 0 Å². The van der Waals surface area contributed by atoms with E-state index in [0.717, 1.165) is 37.7 Å². The maximum Gasteiger partial charge on any atom is 0.261 e. The molecule has 3 heteroatoms. The first-order valence-corrected chi connectivity index (χ1v) is 8.87. The smallest absolute Gasteiger partial charge is 0.261 e. The molecule has 2 aromatic carbocycles. The Bertz CT molecular complexity index is 742. The quantitative estimate of drug-likeness (QED) is 0.517. The van der Waals surface area contributed by atoms with Crippen LogP contribution in [0.5, 0.6) is 0 Å². The molecule has 3 rings (SSSR count). The summed E-state index contributed by atoms with van der Waals surface area (Å²) < 4.78 is 0. The molecule has 0 radical (unpaired) electrons.